The van der Waals surface area contributed by atoms with Gasteiger partial charge in [0.15, 0.2) is 5.60 Å². The molecule has 0 bridgehead atoms. The van der Waals surface area contributed by atoms with Crippen LogP contribution in [0.3, 0.4) is 0 Å². The van der Waals surface area contributed by atoms with Gasteiger partial charge >= 0.3 is 0 Å². The molecule has 1 spiro atoms. The number of allylic oxidation sites excluding steroid dienone is 1. The van der Waals surface area contributed by atoms with E-state index < -0.39 is 5.60 Å². The van der Waals surface area contributed by atoms with Gasteiger partial charge in [-0.25, -0.2) is 0 Å². The van der Waals surface area contributed by atoms with E-state index in [9.17, 15) is 4.79 Å². The summed E-state index contributed by atoms with van der Waals surface area (Å²) >= 11 is 0. The van der Waals surface area contributed by atoms with Gasteiger partial charge in [0.25, 0.3) is 5.91 Å². The van der Waals surface area contributed by atoms with E-state index in [1.54, 1.807) is 6.26 Å². The first-order chi connectivity index (χ1) is 6.23. The Bertz CT molecular complexity index is 252. The Labute approximate surface area is 78.1 Å². The molecule has 0 aromatic heterocycles. The molecule has 0 unspecified atom stereocenters. The van der Waals surface area contributed by atoms with Crippen molar-refractivity contribution in [2.45, 2.75) is 44.6 Å². The van der Waals surface area contributed by atoms with Crippen LogP contribution in [-0.2, 0) is 9.53 Å². The second-order valence-electron chi connectivity index (χ2n) is 3.93. The second kappa shape index (κ2) is 3.05. The zero-order valence-electron chi connectivity index (χ0n) is 7.93. The van der Waals surface area contributed by atoms with E-state index in [1.165, 1.54) is 6.42 Å². The van der Waals surface area contributed by atoms with E-state index >= 15 is 0 Å². The topological polar surface area (TPSA) is 38.3 Å². The third-order valence-corrected chi connectivity index (χ3v) is 2.85. The molecule has 1 aliphatic heterocycles. The average molecular weight is 181 g/mol. The largest absolute Gasteiger partial charge is 0.483 e. The predicted octanol–water partition coefficient (Wildman–Crippen LogP) is 1.70. The molecule has 1 saturated carbocycles. The molecule has 1 amide bonds. The van der Waals surface area contributed by atoms with Gasteiger partial charge in [0.1, 0.15) is 6.26 Å². The van der Waals surface area contributed by atoms with Gasteiger partial charge in [-0.1, -0.05) is 6.42 Å². The normalized spacial score (nSPS) is 26.2. The van der Waals surface area contributed by atoms with Crippen LogP contribution >= 0.6 is 0 Å². The SMILES string of the molecule is CC1=COC2(CCCCC2)C(=O)N1. The fourth-order valence-corrected chi connectivity index (χ4v) is 2.04. The minimum atomic E-state index is -0.530. The molecule has 1 heterocycles. The Hall–Kier alpha value is -0.990. The Kier molecular flexibility index (Phi) is 2.02. The highest BCUT2D eigenvalue weighted by molar-refractivity contribution is 5.87. The summed E-state index contributed by atoms with van der Waals surface area (Å²) in [4.78, 5) is 11.7. The van der Waals surface area contributed by atoms with Crippen LogP contribution in [0, 0.1) is 0 Å². The molecule has 2 aliphatic rings. The minimum absolute atomic E-state index is 0.0483. The maximum absolute atomic E-state index is 11.7. The lowest BCUT2D eigenvalue weighted by Gasteiger charge is -2.37. The van der Waals surface area contributed by atoms with E-state index in [0.29, 0.717) is 0 Å². The number of rotatable bonds is 0. The molecule has 3 nitrogen and oxygen atoms in total. The Morgan fingerprint density at radius 3 is 2.69 bits per heavy atom. The van der Waals surface area contributed by atoms with Gasteiger partial charge in [-0.15, -0.1) is 0 Å². The molecule has 1 N–H and O–H groups in total. The summed E-state index contributed by atoms with van der Waals surface area (Å²) < 4.78 is 5.56. The van der Waals surface area contributed by atoms with Crippen molar-refractivity contribution in [3.05, 3.63) is 12.0 Å². The quantitative estimate of drug-likeness (QED) is 0.617. The molecular formula is C10H15NO2. The summed E-state index contributed by atoms with van der Waals surface area (Å²) in [5.41, 5.74) is 0.277. The maximum Gasteiger partial charge on any atom is 0.268 e. The highest BCUT2D eigenvalue weighted by Crippen LogP contribution is 2.34. The van der Waals surface area contributed by atoms with Gasteiger partial charge in [-0.05, 0) is 32.6 Å². The predicted molar refractivity (Wildman–Crippen MR) is 48.8 cm³/mol. The van der Waals surface area contributed by atoms with Crippen LogP contribution in [-0.4, -0.2) is 11.5 Å². The molecule has 2 rings (SSSR count). The van der Waals surface area contributed by atoms with Crippen molar-refractivity contribution in [2.75, 3.05) is 0 Å². The van der Waals surface area contributed by atoms with Crippen molar-refractivity contribution in [1.29, 1.82) is 0 Å². The first-order valence-corrected chi connectivity index (χ1v) is 4.89. The molecule has 1 aliphatic carbocycles. The molecule has 13 heavy (non-hydrogen) atoms. The molecule has 3 heteroatoms. The second-order valence-corrected chi connectivity index (χ2v) is 3.93. The number of carbonyl (C=O) groups is 1. The Morgan fingerprint density at radius 1 is 1.38 bits per heavy atom. The molecule has 1 fully saturated rings. The van der Waals surface area contributed by atoms with Gasteiger partial charge in [-0.3, -0.25) is 4.79 Å². The van der Waals surface area contributed by atoms with Gasteiger partial charge < -0.3 is 10.1 Å². The van der Waals surface area contributed by atoms with Crippen molar-refractivity contribution in [3.8, 4) is 0 Å². The van der Waals surface area contributed by atoms with E-state index in [1.807, 2.05) is 6.92 Å². The van der Waals surface area contributed by atoms with Crippen LogP contribution in [0.4, 0.5) is 0 Å². The molecule has 0 aromatic carbocycles. The lowest BCUT2D eigenvalue weighted by atomic mass is 9.83. The monoisotopic (exact) mass is 181 g/mol. The summed E-state index contributed by atoms with van der Waals surface area (Å²) in [5, 5.41) is 2.84. The summed E-state index contributed by atoms with van der Waals surface area (Å²) in [6.45, 7) is 1.84. The molecular weight excluding hydrogens is 166 g/mol. The lowest BCUT2D eigenvalue weighted by Crippen LogP contribution is -2.51. The molecule has 0 atom stereocenters. The first kappa shape index (κ1) is 8.60. The third kappa shape index (κ3) is 1.43. The first-order valence-electron chi connectivity index (χ1n) is 4.89. The fraction of sp³-hybridized carbons (Fsp3) is 0.700. The summed E-state index contributed by atoms with van der Waals surface area (Å²) in [6, 6.07) is 0. The third-order valence-electron chi connectivity index (χ3n) is 2.85. The van der Waals surface area contributed by atoms with Crippen LogP contribution in [0.2, 0.25) is 0 Å². The number of ether oxygens (including phenoxy) is 1. The van der Waals surface area contributed by atoms with Crippen LogP contribution in [0.25, 0.3) is 0 Å². The van der Waals surface area contributed by atoms with Crippen molar-refractivity contribution in [2.24, 2.45) is 0 Å². The minimum Gasteiger partial charge on any atom is -0.483 e. The highest BCUT2D eigenvalue weighted by atomic mass is 16.5. The van der Waals surface area contributed by atoms with E-state index in [-0.39, 0.29) is 5.91 Å². The molecule has 0 saturated heterocycles. The van der Waals surface area contributed by atoms with Gasteiger partial charge in [0.2, 0.25) is 0 Å². The van der Waals surface area contributed by atoms with E-state index in [4.69, 9.17) is 4.74 Å². The van der Waals surface area contributed by atoms with Gasteiger partial charge in [-0.2, -0.15) is 0 Å². The summed E-state index contributed by atoms with van der Waals surface area (Å²) in [5.74, 6) is 0.0483. The summed E-state index contributed by atoms with van der Waals surface area (Å²) in [6.07, 6.45) is 6.82. The van der Waals surface area contributed by atoms with Crippen molar-refractivity contribution >= 4 is 5.91 Å². The number of amides is 1. The van der Waals surface area contributed by atoms with E-state index in [0.717, 1.165) is 31.4 Å². The van der Waals surface area contributed by atoms with Crippen molar-refractivity contribution < 1.29 is 9.53 Å². The zero-order chi connectivity index (χ0) is 9.31. The average Bonchev–Trinajstić information content (AvgIpc) is 2.14. The van der Waals surface area contributed by atoms with E-state index in [2.05, 4.69) is 5.32 Å². The van der Waals surface area contributed by atoms with Crippen molar-refractivity contribution in [3.63, 3.8) is 0 Å². The summed E-state index contributed by atoms with van der Waals surface area (Å²) in [7, 11) is 0. The highest BCUT2D eigenvalue weighted by Gasteiger charge is 2.42. The Balaban J connectivity index is 2.17. The maximum atomic E-state index is 11.7. The smallest absolute Gasteiger partial charge is 0.268 e. The number of carbonyl (C=O) groups excluding carboxylic acids is 1. The lowest BCUT2D eigenvalue weighted by molar-refractivity contribution is -0.145. The fourth-order valence-electron chi connectivity index (χ4n) is 2.04. The number of hydrogen-bond donors (Lipinski definition) is 1. The standard InChI is InChI=1S/C10H15NO2/c1-8-7-13-10(9(12)11-8)5-3-2-4-6-10/h7H,2-6H2,1H3,(H,11,12). The van der Waals surface area contributed by atoms with Crippen LogP contribution in [0.15, 0.2) is 12.0 Å². The molecule has 0 radical (unpaired) electrons. The van der Waals surface area contributed by atoms with Gasteiger partial charge in [0, 0.05) is 5.70 Å². The molecule has 0 aromatic rings. The Morgan fingerprint density at radius 2 is 2.08 bits per heavy atom. The van der Waals surface area contributed by atoms with Crippen LogP contribution < -0.4 is 5.32 Å². The van der Waals surface area contributed by atoms with Crippen molar-refractivity contribution in [1.82, 2.24) is 5.32 Å². The van der Waals surface area contributed by atoms with Gasteiger partial charge in [0.05, 0.1) is 0 Å². The van der Waals surface area contributed by atoms with Crippen LogP contribution in [0.1, 0.15) is 39.0 Å². The van der Waals surface area contributed by atoms with Crippen LogP contribution in [0.5, 0.6) is 0 Å². The molecule has 72 valence electrons. The zero-order valence-corrected chi connectivity index (χ0v) is 7.93. The number of nitrogens with one attached hydrogen (secondary N) is 1. The number of hydrogen-bond acceptors (Lipinski definition) is 2.